The number of fused-ring (bicyclic) bond motifs is 2. The van der Waals surface area contributed by atoms with Gasteiger partial charge >= 0.3 is 0 Å². The fourth-order valence-electron chi connectivity index (χ4n) is 1.71. The summed E-state index contributed by atoms with van der Waals surface area (Å²) >= 11 is 0. The Bertz CT molecular complexity index is 194. The molecule has 0 amide bonds. The Balaban J connectivity index is 1.92. The first-order chi connectivity index (χ1) is 6.31. The molecule has 4 nitrogen and oxygen atoms in total. The van der Waals surface area contributed by atoms with E-state index in [0.29, 0.717) is 19.6 Å². The molecule has 2 saturated heterocycles. The average molecular weight is 186 g/mol. The van der Waals surface area contributed by atoms with E-state index in [-0.39, 0.29) is 12.2 Å². The van der Waals surface area contributed by atoms with Crippen LogP contribution in [0.25, 0.3) is 0 Å². The summed E-state index contributed by atoms with van der Waals surface area (Å²) < 4.78 is 16.0. The van der Waals surface area contributed by atoms with Crippen LogP contribution in [0.2, 0.25) is 0 Å². The van der Waals surface area contributed by atoms with Gasteiger partial charge in [0.2, 0.25) is 0 Å². The van der Waals surface area contributed by atoms with Crippen molar-refractivity contribution in [3.8, 4) is 0 Å². The number of rotatable bonds is 3. The highest BCUT2D eigenvalue weighted by atomic mass is 16.7. The number of hydrogen-bond donors (Lipinski definition) is 1. The first-order valence-electron chi connectivity index (χ1n) is 4.49. The van der Waals surface area contributed by atoms with Crippen LogP contribution in [0.15, 0.2) is 12.7 Å². The molecule has 0 saturated carbocycles. The lowest BCUT2D eigenvalue weighted by atomic mass is 10.0. The molecule has 2 rings (SSSR count). The molecule has 2 heterocycles. The van der Waals surface area contributed by atoms with Crippen LogP contribution in [-0.4, -0.2) is 42.9 Å². The van der Waals surface area contributed by atoms with Crippen LogP contribution in [-0.2, 0) is 14.2 Å². The SMILES string of the molecule is C=CCOC1CC2COC(O2)C1O. The van der Waals surface area contributed by atoms with Gasteiger partial charge in [-0.1, -0.05) is 6.08 Å². The Labute approximate surface area is 77.1 Å². The van der Waals surface area contributed by atoms with E-state index in [1.807, 2.05) is 0 Å². The fraction of sp³-hybridized carbons (Fsp3) is 0.778. The summed E-state index contributed by atoms with van der Waals surface area (Å²) in [6.07, 6.45) is 1.12. The smallest absolute Gasteiger partial charge is 0.186 e. The van der Waals surface area contributed by atoms with Gasteiger partial charge in [-0.2, -0.15) is 0 Å². The Kier molecular flexibility index (Phi) is 2.64. The van der Waals surface area contributed by atoms with E-state index in [9.17, 15) is 5.11 Å². The summed E-state index contributed by atoms with van der Waals surface area (Å²) in [7, 11) is 0. The van der Waals surface area contributed by atoms with Crippen molar-refractivity contribution in [2.45, 2.75) is 31.0 Å². The minimum atomic E-state index is -0.668. The van der Waals surface area contributed by atoms with Gasteiger partial charge in [0.15, 0.2) is 6.29 Å². The Hall–Kier alpha value is -0.420. The van der Waals surface area contributed by atoms with Gasteiger partial charge in [-0.25, -0.2) is 0 Å². The molecule has 2 aliphatic heterocycles. The molecule has 1 N–H and O–H groups in total. The van der Waals surface area contributed by atoms with Crippen LogP contribution in [0, 0.1) is 0 Å². The van der Waals surface area contributed by atoms with E-state index in [1.54, 1.807) is 6.08 Å². The lowest BCUT2D eigenvalue weighted by molar-refractivity contribution is -0.201. The third-order valence-electron chi connectivity index (χ3n) is 2.36. The number of hydrogen-bond acceptors (Lipinski definition) is 4. The maximum Gasteiger partial charge on any atom is 0.186 e. The van der Waals surface area contributed by atoms with Gasteiger partial charge in [0.1, 0.15) is 6.10 Å². The van der Waals surface area contributed by atoms with E-state index in [2.05, 4.69) is 6.58 Å². The minimum absolute atomic E-state index is 0.0863. The van der Waals surface area contributed by atoms with Crippen molar-refractivity contribution in [2.24, 2.45) is 0 Å². The van der Waals surface area contributed by atoms with E-state index < -0.39 is 12.4 Å². The van der Waals surface area contributed by atoms with Crippen LogP contribution in [0.4, 0.5) is 0 Å². The lowest BCUT2D eigenvalue weighted by Crippen LogP contribution is -2.45. The van der Waals surface area contributed by atoms with Crippen LogP contribution < -0.4 is 0 Å². The summed E-state index contributed by atoms with van der Waals surface area (Å²) in [6.45, 7) is 4.58. The quantitative estimate of drug-likeness (QED) is 0.633. The molecule has 0 radical (unpaired) electrons. The van der Waals surface area contributed by atoms with Crippen LogP contribution >= 0.6 is 0 Å². The molecule has 4 heteroatoms. The third kappa shape index (κ3) is 1.76. The van der Waals surface area contributed by atoms with Gasteiger partial charge in [0.05, 0.1) is 25.4 Å². The summed E-state index contributed by atoms with van der Waals surface area (Å²) in [5, 5.41) is 9.67. The van der Waals surface area contributed by atoms with Crippen molar-refractivity contribution >= 4 is 0 Å². The van der Waals surface area contributed by atoms with Gasteiger partial charge in [-0.05, 0) is 0 Å². The van der Waals surface area contributed by atoms with Crippen molar-refractivity contribution < 1.29 is 19.3 Å². The van der Waals surface area contributed by atoms with Gasteiger partial charge in [0.25, 0.3) is 0 Å². The molecule has 2 aliphatic rings. The van der Waals surface area contributed by atoms with Crippen LogP contribution in [0.1, 0.15) is 6.42 Å². The first kappa shape index (κ1) is 9.15. The van der Waals surface area contributed by atoms with E-state index >= 15 is 0 Å². The zero-order valence-corrected chi connectivity index (χ0v) is 7.39. The number of aliphatic hydroxyl groups is 1. The highest BCUT2D eigenvalue weighted by Crippen LogP contribution is 2.29. The van der Waals surface area contributed by atoms with Crippen molar-refractivity contribution in [1.82, 2.24) is 0 Å². The molecule has 74 valence electrons. The maximum atomic E-state index is 9.67. The first-order valence-corrected chi connectivity index (χ1v) is 4.49. The molecule has 4 unspecified atom stereocenters. The zero-order chi connectivity index (χ0) is 9.26. The monoisotopic (exact) mass is 186 g/mol. The number of aliphatic hydroxyl groups excluding tert-OH is 1. The molecule has 4 atom stereocenters. The van der Waals surface area contributed by atoms with Crippen molar-refractivity contribution in [3.05, 3.63) is 12.7 Å². The maximum absolute atomic E-state index is 9.67. The Morgan fingerprint density at radius 1 is 1.62 bits per heavy atom. The molecule has 0 aromatic heterocycles. The third-order valence-corrected chi connectivity index (χ3v) is 2.36. The second kappa shape index (κ2) is 3.75. The topological polar surface area (TPSA) is 47.9 Å². The second-order valence-corrected chi connectivity index (χ2v) is 3.35. The van der Waals surface area contributed by atoms with Crippen LogP contribution in [0.3, 0.4) is 0 Å². The molecular formula is C9H14O4. The zero-order valence-electron chi connectivity index (χ0n) is 7.39. The van der Waals surface area contributed by atoms with Gasteiger partial charge < -0.3 is 19.3 Å². The minimum Gasteiger partial charge on any atom is -0.385 e. The largest absolute Gasteiger partial charge is 0.385 e. The van der Waals surface area contributed by atoms with E-state index in [4.69, 9.17) is 14.2 Å². The predicted molar refractivity (Wildman–Crippen MR) is 45.2 cm³/mol. The normalized spacial score (nSPS) is 43.5. The highest BCUT2D eigenvalue weighted by Gasteiger charge is 2.43. The summed E-state index contributed by atoms with van der Waals surface area (Å²) in [5.41, 5.74) is 0. The predicted octanol–water partition coefficient (Wildman–Crippen LogP) is 0.0637. The molecule has 2 fully saturated rings. The molecule has 0 aromatic rings. The standard InChI is InChI=1S/C9H14O4/c1-2-3-11-7-4-6-5-12-9(13-6)8(7)10/h2,6-10H,1,3-5H2. The Morgan fingerprint density at radius 2 is 2.46 bits per heavy atom. The van der Waals surface area contributed by atoms with Crippen LogP contribution in [0.5, 0.6) is 0 Å². The average Bonchev–Trinajstić information content (AvgIpc) is 2.54. The lowest BCUT2D eigenvalue weighted by Gasteiger charge is -2.31. The van der Waals surface area contributed by atoms with Gasteiger partial charge in [0, 0.05) is 6.42 Å². The molecule has 0 aliphatic carbocycles. The molecule has 0 spiro atoms. The van der Waals surface area contributed by atoms with E-state index in [1.165, 1.54) is 0 Å². The Morgan fingerprint density at radius 3 is 3.23 bits per heavy atom. The molecule has 13 heavy (non-hydrogen) atoms. The van der Waals surface area contributed by atoms with Crippen molar-refractivity contribution in [1.29, 1.82) is 0 Å². The molecular weight excluding hydrogens is 172 g/mol. The molecule has 0 aromatic carbocycles. The number of ether oxygens (including phenoxy) is 3. The highest BCUT2D eigenvalue weighted by molar-refractivity contribution is 4.87. The van der Waals surface area contributed by atoms with Crippen molar-refractivity contribution in [3.63, 3.8) is 0 Å². The van der Waals surface area contributed by atoms with E-state index in [0.717, 1.165) is 0 Å². The fourth-order valence-corrected chi connectivity index (χ4v) is 1.71. The molecule has 2 bridgehead atoms. The van der Waals surface area contributed by atoms with Gasteiger partial charge in [-0.15, -0.1) is 6.58 Å². The second-order valence-electron chi connectivity index (χ2n) is 3.35. The summed E-state index contributed by atoms with van der Waals surface area (Å²) in [6, 6.07) is 0. The summed E-state index contributed by atoms with van der Waals surface area (Å²) in [4.78, 5) is 0. The summed E-state index contributed by atoms with van der Waals surface area (Å²) in [5.74, 6) is 0. The van der Waals surface area contributed by atoms with Gasteiger partial charge in [-0.3, -0.25) is 0 Å². The van der Waals surface area contributed by atoms with Crippen molar-refractivity contribution in [2.75, 3.05) is 13.2 Å².